The lowest BCUT2D eigenvalue weighted by Gasteiger charge is -2.29. The van der Waals surface area contributed by atoms with Gasteiger partial charge >= 0.3 is 0 Å². The third-order valence-electron chi connectivity index (χ3n) is 5.66. The number of hydrogen-bond acceptors (Lipinski definition) is 5. The van der Waals surface area contributed by atoms with Gasteiger partial charge in [0.15, 0.2) is 5.65 Å². The first kappa shape index (κ1) is 18.7. The predicted molar refractivity (Wildman–Crippen MR) is 121 cm³/mol. The van der Waals surface area contributed by atoms with Crippen LogP contribution in [-0.2, 0) is 13.0 Å². The molecule has 0 radical (unpaired) electrons. The average Bonchev–Trinajstić information content (AvgIpc) is 2.74. The lowest BCUT2D eigenvalue weighted by atomic mass is 10.0. The Morgan fingerprint density at radius 3 is 2.70 bits per heavy atom. The van der Waals surface area contributed by atoms with E-state index in [-0.39, 0.29) is 5.56 Å². The highest BCUT2D eigenvalue weighted by Gasteiger charge is 2.19. The standard InChI is InChI=1S/C23H21N5OS/c1-14-7-8-18(15(2)11-14)28-13-24-20-19(22(28)30)21(29)26-23(25-20)27-10-9-16-5-3-4-6-17(16)12-27/h3-8,11,13H,9-10,12H2,1-2H3,(H,25,26,29). The minimum Gasteiger partial charge on any atom is -0.338 e. The van der Waals surface area contributed by atoms with Crippen molar-refractivity contribution in [3.63, 3.8) is 0 Å². The van der Waals surface area contributed by atoms with E-state index in [4.69, 9.17) is 12.2 Å². The zero-order valence-corrected chi connectivity index (χ0v) is 17.7. The minimum absolute atomic E-state index is 0.259. The molecule has 6 nitrogen and oxygen atoms in total. The van der Waals surface area contributed by atoms with E-state index in [2.05, 4.69) is 44.1 Å². The van der Waals surface area contributed by atoms with Crippen LogP contribution in [0.3, 0.4) is 0 Å². The molecule has 0 amide bonds. The lowest BCUT2D eigenvalue weighted by Crippen LogP contribution is -2.33. The maximum absolute atomic E-state index is 13.0. The van der Waals surface area contributed by atoms with E-state index in [0.29, 0.717) is 28.2 Å². The van der Waals surface area contributed by atoms with Crippen LogP contribution in [0.2, 0.25) is 0 Å². The summed E-state index contributed by atoms with van der Waals surface area (Å²) >= 11 is 5.66. The molecule has 5 rings (SSSR count). The number of nitrogens with zero attached hydrogens (tertiary/aromatic N) is 4. The first-order chi connectivity index (χ1) is 14.5. The number of anilines is 1. The van der Waals surface area contributed by atoms with Crippen molar-refractivity contribution in [2.45, 2.75) is 26.8 Å². The normalized spacial score (nSPS) is 13.5. The van der Waals surface area contributed by atoms with Gasteiger partial charge in [0.1, 0.15) is 16.4 Å². The Hall–Kier alpha value is -3.32. The zero-order valence-electron chi connectivity index (χ0n) is 16.8. The number of aryl methyl sites for hydroxylation is 2. The van der Waals surface area contributed by atoms with Crippen molar-refractivity contribution in [3.8, 4) is 5.69 Å². The Bertz CT molecular complexity index is 1410. The summed E-state index contributed by atoms with van der Waals surface area (Å²) in [7, 11) is 0. The molecule has 0 atom stereocenters. The Morgan fingerprint density at radius 1 is 1.10 bits per heavy atom. The van der Waals surface area contributed by atoms with Gasteiger partial charge in [0.2, 0.25) is 5.95 Å². The lowest BCUT2D eigenvalue weighted by molar-refractivity contribution is 0.707. The molecule has 1 N–H and O–H groups in total. The molecule has 0 saturated heterocycles. The Labute approximate surface area is 178 Å². The number of hydrogen-bond donors (Lipinski definition) is 1. The summed E-state index contributed by atoms with van der Waals surface area (Å²) in [6.07, 6.45) is 2.57. The minimum atomic E-state index is -0.259. The van der Waals surface area contributed by atoms with Gasteiger partial charge in [-0.25, -0.2) is 4.98 Å². The fourth-order valence-corrected chi connectivity index (χ4v) is 4.42. The van der Waals surface area contributed by atoms with Crippen LogP contribution in [0.4, 0.5) is 5.95 Å². The Balaban J connectivity index is 1.59. The summed E-state index contributed by atoms with van der Waals surface area (Å²) < 4.78 is 2.19. The van der Waals surface area contributed by atoms with Gasteiger partial charge in [0.05, 0.1) is 5.69 Å². The number of aromatic nitrogens is 4. The van der Waals surface area contributed by atoms with Crippen molar-refractivity contribution in [2.75, 3.05) is 11.4 Å². The van der Waals surface area contributed by atoms with Crippen LogP contribution in [0.1, 0.15) is 22.3 Å². The molecular formula is C23H21N5OS. The number of nitrogens with one attached hydrogen (secondary N) is 1. The highest BCUT2D eigenvalue weighted by molar-refractivity contribution is 7.71. The second-order valence-electron chi connectivity index (χ2n) is 7.74. The fourth-order valence-electron chi connectivity index (χ4n) is 4.09. The van der Waals surface area contributed by atoms with Crippen LogP contribution in [0.5, 0.6) is 0 Å². The number of H-pyrrole nitrogens is 1. The molecule has 0 fully saturated rings. The van der Waals surface area contributed by atoms with Crippen LogP contribution in [-0.4, -0.2) is 26.1 Å². The van der Waals surface area contributed by atoms with Gasteiger partial charge in [-0.05, 0) is 43.0 Å². The molecule has 1 aliphatic heterocycles. The number of fused-ring (bicyclic) bond motifs is 2. The van der Waals surface area contributed by atoms with Crippen LogP contribution in [0.15, 0.2) is 53.6 Å². The van der Waals surface area contributed by atoms with Gasteiger partial charge < -0.3 is 4.90 Å². The van der Waals surface area contributed by atoms with Crippen molar-refractivity contribution >= 4 is 29.2 Å². The smallest absolute Gasteiger partial charge is 0.264 e. The summed E-state index contributed by atoms with van der Waals surface area (Å²) in [6, 6.07) is 14.5. The molecule has 0 spiro atoms. The van der Waals surface area contributed by atoms with Gasteiger partial charge in [-0.15, -0.1) is 0 Å². The van der Waals surface area contributed by atoms with E-state index in [1.165, 1.54) is 16.7 Å². The molecular weight excluding hydrogens is 394 g/mol. The van der Waals surface area contributed by atoms with Crippen LogP contribution >= 0.6 is 12.2 Å². The third kappa shape index (κ3) is 3.11. The summed E-state index contributed by atoms with van der Waals surface area (Å²) in [5.74, 6) is 0.535. The number of benzene rings is 2. The summed E-state index contributed by atoms with van der Waals surface area (Å²) in [6.45, 7) is 5.57. The first-order valence-electron chi connectivity index (χ1n) is 9.92. The number of aromatic amines is 1. The molecule has 3 heterocycles. The van der Waals surface area contributed by atoms with E-state index in [0.717, 1.165) is 24.2 Å². The molecule has 1 aliphatic rings. The quantitative estimate of drug-likeness (QED) is 0.501. The second kappa shape index (κ2) is 7.18. The Kier molecular flexibility index (Phi) is 4.47. The summed E-state index contributed by atoms with van der Waals surface area (Å²) in [5.41, 5.74) is 5.87. The predicted octanol–water partition coefficient (Wildman–Crippen LogP) is 4.02. The van der Waals surface area contributed by atoms with E-state index in [1.54, 1.807) is 10.9 Å². The van der Waals surface area contributed by atoms with Crippen molar-refractivity contribution in [2.24, 2.45) is 0 Å². The first-order valence-corrected chi connectivity index (χ1v) is 10.3. The monoisotopic (exact) mass is 415 g/mol. The SMILES string of the molecule is Cc1ccc(-n2cnc3nc(N4CCc5ccccc5C4)[nH]c(=O)c3c2=S)c(C)c1. The van der Waals surface area contributed by atoms with Gasteiger partial charge in [-0.2, -0.15) is 4.98 Å². The van der Waals surface area contributed by atoms with Crippen LogP contribution in [0.25, 0.3) is 16.7 Å². The van der Waals surface area contributed by atoms with Gasteiger partial charge in [0.25, 0.3) is 5.56 Å². The molecule has 2 aromatic carbocycles. The largest absolute Gasteiger partial charge is 0.338 e. The van der Waals surface area contributed by atoms with Crippen molar-refractivity contribution in [1.82, 2.24) is 19.5 Å². The van der Waals surface area contributed by atoms with E-state index in [1.807, 2.05) is 32.0 Å². The van der Waals surface area contributed by atoms with E-state index < -0.39 is 0 Å². The van der Waals surface area contributed by atoms with Crippen LogP contribution in [0, 0.1) is 18.5 Å². The Morgan fingerprint density at radius 2 is 1.90 bits per heavy atom. The molecule has 2 aromatic heterocycles. The maximum Gasteiger partial charge on any atom is 0.264 e. The summed E-state index contributed by atoms with van der Waals surface area (Å²) in [4.78, 5) is 27.1. The molecule has 0 unspecified atom stereocenters. The van der Waals surface area contributed by atoms with Crippen molar-refractivity contribution in [1.29, 1.82) is 0 Å². The molecule has 7 heteroatoms. The van der Waals surface area contributed by atoms with Crippen molar-refractivity contribution in [3.05, 3.63) is 86.0 Å². The fraction of sp³-hybridized carbons (Fsp3) is 0.217. The maximum atomic E-state index is 13.0. The molecule has 0 bridgehead atoms. The topological polar surface area (TPSA) is 66.8 Å². The van der Waals surface area contributed by atoms with Gasteiger partial charge in [-0.1, -0.05) is 54.2 Å². The van der Waals surface area contributed by atoms with E-state index >= 15 is 0 Å². The van der Waals surface area contributed by atoms with E-state index in [9.17, 15) is 4.79 Å². The highest BCUT2D eigenvalue weighted by atomic mass is 32.1. The number of rotatable bonds is 2. The van der Waals surface area contributed by atoms with Crippen LogP contribution < -0.4 is 10.5 Å². The molecule has 4 aromatic rings. The van der Waals surface area contributed by atoms with Crippen molar-refractivity contribution < 1.29 is 0 Å². The molecule has 0 aliphatic carbocycles. The molecule has 0 saturated carbocycles. The molecule has 150 valence electrons. The summed E-state index contributed by atoms with van der Waals surface area (Å²) in [5, 5.41) is 0.341. The van der Waals surface area contributed by atoms with Gasteiger partial charge in [0, 0.05) is 13.1 Å². The third-order valence-corrected chi connectivity index (χ3v) is 6.06. The second-order valence-corrected chi connectivity index (χ2v) is 8.12. The van der Waals surface area contributed by atoms with Gasteiger partial charge in [-0.3, -0.25) is 14.3 Å². The zero-order chi connectivity index (χ0) is 20.8. The highest BCUT2D eigenvalue weighted by Crippen LogP contribution is 2.23. The average molecular weight is 416 g/mol. The molecule has 30 heavy (non-hydrogen) atoms.